The Balaban J connectivity index is 1.97. The van der Waals surface area contributed by atoms with Gasteiger partial charge in [-0.25, -0.2) is 4.79 Å². The molecule has 0 saturated heterocycles. The molecule has 4 aromatic carbocycles. The summed E-state index contributed by atoms with van der Waals surface area (Å²) in [6, 6.07) is 21.6. The van der Waals surface area contributed by atoms with Crippen molar-refractivity contribution in [3.63, 3.8) is 0 Å². The van der Waals surface area contributed by atoms with Gasteiger partial charge in [0.2, 0.25) is 0 Å². The van der Waals surface area contributed by atoms with Gasteiger partial charge >= 0.3 is 6.09 Å². The fourth-order valence-electron chi connectivity index (χ4n) is 4.16. The molecule has 4 aromatic rings. The van der Waals surface area contributed by atoms with Crippen molar-refractivity contribution in [3.8, 4) is 5.75 Å². The molecule has 0 radical (unpaired) electrons. The van der Waals surface area contributed by atoms with Crippen LogP contribution in [0.4, 0.5) is 4.79 Å². The lowest BCUT2D eigenvalue weighted by Crippen LogP contribution is -2.41. The van der Waals surface area contributed by atoms with Crippen molar-refractivity contribution in [2.45, 2.75) is 33.5 Å². The smallest absolute Gasteiger partial charge is 0.410 e. The molecule has 1 amide bonds. The topological polar surface area (TPSA) is 29.5 Å². The lowest BCUT2D eigenvalue weighted by Gasteiger charge is -2.24. The third kappa shape index (κ3) is 3.56. The van der Waals surface area contributed by atoms with Gasteiger partial charge in [-0.2, -0.15) is 0 Å². The lowest BCUT2D eigenvalue weighted by molar-refractivity contribution is 0.157. The maximum atomic E-state index is 12.7. The maximum absolute atomic E-state index is 12.7. The Morgan fingerprint density at radius 3 is 2.10 bits per heavy atom. The molecule has 154 valence electrons. The van der Waals surface area contributed by atoms with E-state index in [1.165, 1.54) is 32.1 Å². The molecule has 0 atom stereocenters. The van der Waals surface area contributed by atoms with E-state index < -0.39 is 8.07 Å². The van der Waals surface area contributed by atoms with Crippen LogP contribution in [-0.2, 0) is 0 Å². The van der Waals surface area contributed by atoms with E-state index in [1.54, 1.807) is 4.90 Å². The third-order valence-corrected chi connectivity index (χ3v) is 7.88. The van der Waals surface area contributed by atoms with Crippen molar-refractivity contribution in [2.24, 2.45) is 0 Å². The highest BCUT2D eigenvalue weighted by Gasteiger charge is 2.25. The monoisotopic (exact) mass is 415 g/mol. The molecule has 0 fully saturated rings. The van der Waals surface area contributed by atoms with Crippen LogP contribution in [0.5, 0.6) is 5.75 Å². The van der Waals surface area contributed by atoms with Crippen LogP contribution in [0.25, 0.3) is 32.3 Å². The summed E-state index contributed by atoms with van der Waals surface area (Å²) < 4.78 is 5.98. The van der Waals surface area contributed by atoms with E-state index in [2.05, 4.69) is 80.3 Å². The SMILES string of the molecule is CCN(CC)C(=O)Oc1cc2c(ccc3c4ccccc4ccc23)cc1[Si](C)(C)C. The van der Waals surface area contributed by atoms with Crippen LogP contribution < -0.4 is 9.92 Å². The van der Waals surface area contributed by atoms with Crippen molar-refractivity contribution in [3.05, 3.63) is 60.7 Å². The normalized spacial score (nSPS) is 11.9. The number of carbonyl (C=O) groups is 1. The zero-order valence-electron chi connectivity index (χ0n) is 18.5. The number of carbonyl (C=O) groups excluding carboxylic acids is 1. The summed E-state index contributed by atoms with van der Waals surface area (Å²) in [5, 5.41) is 8.39. The van der Waals surface area contributed by atoms with Crippen molar-refractivity contribution < 1.29 is 9.53 Å². The average Bonchev–Trinajstić information content (AvgIpc) is 2.73. The second-order valence-electron chi connectivity index (χ2n) is 8.81. The van der Waals surface area contributed by atoms with Crippen LogP contribution in [0.15, 0.2) is 60.7 Å². The molecule has 0 bridgehead atoms. The zero-order chi connectivity index (χ0) is 21.5. The molecule has 0 heterocycles. The van der Waals surface area contributed by atoms with E-state index in [4.69, 9.17) is 4.74 Å². The Labute approximate surface area is 179 Å². The van der Waals surface area contributed by atoms with Gasteiger partial charge in [-0.1, -0.05) is 74.2 Å². The van der Waals surface area contributed by atoms with Crippen LogP contribution in [0.2, 0.25) is 19.6 Å². The Kier molecular flexibility index (Phi) is 5.29. The zero-order valence-corrected chi connectivity index (χ0v) is 19.5. The molecule has 30 heavy (non-hydrogen) atoms. The molecule has 0 unspecified atom stereocenters. The average molecular weight is 416 g/mol. The third-order valence-electron chi connectivity index (χ3n) is 5.87. The first-order chi connectivity index (χ1) is 14.3. The van der Waals surface area contributed by atoms with Gasteiger partial charge in [0, 0.05) is 13.1 Å². The van der Waals surface area contributed by atoms with Crippen LogP contribution in [-0.4, -0.2) is 32.2 Å². The molecule has 0 spiro atoms. The predicted octanol–water partition coefficient (Wildman–Crippen LogP) is 6.53. The van der Waals surface area contributed by atoms with Crippen molar-refractivity contribution >= 4 is 51.7 Å². The molecule has 0 aliphatic rings. The highest BCUT2D eigenvalue weighted by molar-refractivity contribution is 6.89. The first-order valence-electron chi connectivity index (χ1n) is 10.7. The Bertz CT molecular complexity index is 1250. The van der Waals surface area contributed by atoms with Crippen LogP contribution >= 0.6 is 0 Å². The van der Waals surface area contributed by atoms with Crippen molar-refractivity contribution in [2.75, 3.05) is 13.1 Å². The number of nitrogens with zero attached hydrogens (tertiary/aromatic N) is 1. The molecule has 0 saturated carbocycles. The number of rotatable bonds is 4. The summed E-state index contributed by atoms with van der Waals surface area (Å²) in [7, 11) is -1.72. The number of amides is 1. The molecular weight excluding hydrogens is 386 g/mol. The Hall–Kier alpha value is -2.85. The van der Waals surface area contributed by atoms with Crippen LogP contribution in [0.3, 0.4) is 0 Å². The molecule has 3 nitrogen and oxygen atoms in total. The Morgan fingerprint density at radius 1 is 0.800 bits per heavy atom. The summed E-state index contributed by atoms with van der Waals surface area (Å²) in [5.74, 6) is 0.708. The molecular formula is C26H29NO2Si. The molecule has 0 aliphatic heterocycles. The highest BCUT2D eigenvalue weighted by atomic mass is 28.3. The minimum absolute atomic E-state index is 0.274. The van der Waals surface area contributed by atoms with Crippen molar-refractivity contribution in [1.82, 2.24) is 4.90 Å². The van der Waals surface area contributed by atoms with E-state index >= 15 is 0 Å². The van der Waals surface area contributed by atoms with Gasteiger partial charge in [0.25, 0.3) is 0 Å². The highest BCUT2D eigenvalue weighted by Crippen LogP contribution is 2.33. The van der Waals surface area contributed by atoms with E-state index in [0.717, 1.165) is 5.39 Å². The quantitative estimate of drug-likeness (QED) is 0.280. The van der Waals surface area contributed by atoms with Gasteiger partial charge in [-0.15, -0.1) is 0 Å². The summed E-state index contributed by atoms with van der Waals surface area (Å²) in [5.41, 5.74) is 0. The minimum atomic E-state index is -1.72. The molecule has 0 N–H and O–H groups in total. The summed E-state index contributed by atoms with van der Waals surface area (Å²) in [6.45, 7) is 12.1. The number of ether oxygens (including phenoxy) is 1. The van der Waals surface area contributed by atoms with Gasteiger partial charge in [0.1, 0.15) is 5.75 Å². The van der Waals surface area contributed by atoms with E-state index in [9.17, 15) is 4.79 Å². The molecule has 0 aliphatic carbocycles. The summed E-state index contributed by atoms with van der Waals surface area (Å²) >= 11 is 0. The number of fused-ring (bicyclic) bond motifs is 5. The molecule has 4 heteroatoms. The molecule has 0 aromatic heterocycles. The standard InChI is InChI=1S/C26H29NO2Si/c1-6-27(7-2)26(28)29-24-17-23-19(16-25(24)30(3,4)5)13-15-21-20-11-9-8-10-18(20)12-14-22(21)23/h8-17H,6-7H2,1-5H3. The van der Waals surface area contributed by atoms with Crippen LogP contribution in [0, 0.1) is 0 Å². The first-order valence-corrected chi connectivity index (χ1v) is 14.2. The second kappa shape index (κ2) is 7.76. The minimum Gasteiger partial charge on any atom is -0.410 e. The fourth-order valence-corrected chi connectivity index (χ4v) is 5.61. The first kappa shape index (κ1) is 20.4. The van der Waals surface area contributed by atoms with Gasteiger partial charge < -0.3 is 9.64 Å². The molecule has 4 rings (SSSR count). The summed E-state index contributed by atoms with van der Waals surface area (Å²) in [4.78, 5) is 14.5. The predicted molar refractivity (Wildman–Crippen MR) is 131 cm³/mol. The number of benzene rings is 4. The van der Waals surface area contributed by atoms with E-state index in [0.29, 0.717) is 18.8 Å². The van der Waals surface area contributed by atoms with Gasteiger partial charge in [0.05, 0.1) is 8.07 Å². The van der Waals surface area contributed by atoms with E-state index in [1.807, 2.05) is 13.8 Å². The van der Waals surface area contributed by atoms with Gasteiger partial charge in [-0.3, -0.25) is 0 Å². The maximum Gasteiger partial charge on any atom is 0.415 e. The second-order valence-corrected chi connectivity index (χ2v) is 13.8. The van der Waals surface area contributed by atoms with Gasteiger partial charge in [-0.05, 0) is 57.4 Å². The van der Waals surface area contributed by atoms with Gasteiger partial charge in [0.15, 0.2) is 0 Å². The van der Waals surface area contributed by atoms with Crippen LogP contribution in [0.1, 0.15) is 13.8 Å². The lowest BCUT2D eigenvalue weighted by atomic mass is 9.97. The number of hydrogen-bond donors (Lipinski definition) is 0. The number of hydrogen-bond acceptors (Lipinski definition) is 2. The van der Waals surface area contributed by atoms with Crippen molar-refractivity contribution in [1.29, 1.82) is 0 Å². The van der Waals surface area contributed by atoms with E-state index in [-0.39, 0.29) is 6.09 Å². The fraction of sp³-hybridized carbons (Fsp3) is 0.269. The Morgan fingerprint density at radius 2 is 1.43 bits per heavy atom. The summed E-state index contributed by atoms with van der Waals surface area (Å²) in [6.07, 6.45) is -0.274. The largest absolute Gasteiger partial charge is 0.415 e.